The van der Waals surface area contributed by atoms with Gasteiger partial charge in [-0.25, -0.2) is 0 Å². The number of fused-ring (bicyclic) bond motifs is 1. The Morgan fingerprint density at radius 1 is 1.39 bits per heavy atom. The molecule has 5 heteroatoms. The third-order valence-corrected chi connectivity index (χ3v) is 3.91. The van der Waals surface area contributed by atoms with E-state index < -0.39 is 0 Å². The lowest BCUT2D eigenvalue weighted by Gasteiger charge is -2.27. The molecule has 0 spiro atoms. The van der Waals surface area contributed by atoms with Crippen molar-refractivity contribution < 1.29 is 14.6 Å². The molecular weight excluding hydrogens is 232 g/mol. The van der Waals surface area contributed by atoms with E-state index in [4.69, 9.17) is 9.47 Å². The number of aliphatic hydroxyl groups excluding tert-OH is 1. The molecule has 2 aliphatic heterocycles. The van der Waals surface area contributed by atoms with Crippen molar-refractivity contribution in [3.8, 4) is 11.5 Å². The van der Waals surface area contributed by atoms with Crippen LogP contribution in [0.1, 0.15) is 6.42 Å². The third kappa shape index (κ3) is 1.79. The highest BCUT2D eigenvalue weighted by Crippen LogP contribution is 2.37. The van der Waals surface area contributed by atoms with Gasteiger partial charge in [0.2, 0.25) is 6.79 Å². The van der Waals surface area contributed by atoms with Gasteiger partial charge in [-0.05, 0) is 25.6 Å². The Kier molecular flexibility index (Phi) is 2.80. The van der Waals surface area contributed by atoms with Crippen molar-refractivity contribution in [1.29, 1.82) is 0 Å². The maximum absolute atomic E-state index is 9.50. The van der Waals surface area contributed by atoms with Crippen molar-refractivity contribution in [3.05, 3.63) is 18.2 Å². The number of anilines is 1. The van der Waals surface area contributed by atoms with Crippen LogP contribution in [0.2, 0.25) is 0 Å². The van der Waals surface area contributed by atoms with Crippen molar-refractivity contribution in [2.45, 2.75) is 12.0 Å². The number of likely N-dealkylation sites (N-methyl/N-ethyl adjacent to an activating group) is 1. The topological polar surface area (TPSA) is 54.0 Å². The van der Waals surface area contributed by atoms with Crippen LogP contribution in [0, 0.1) is 0 Å². The van der Waals surface area contributed by atoms with Crippen LogP contribution >= 0.6 is 0 Å². The summed E-state index contributed by atoms with van der Waals surface area (Å²) in [6.45, 7) is 2.20. The minimum Gasteiger partial charge on any atom is -0.454 e. The zero-order chi connectivity index (χ0) is 12.6. The summed E-state index contributed by atoms with van der Waals surface area (Å²) >= 11 is 0. The lowest BCUT2D eigenvalue weighted by atomic mass is 10.0. The van der Waals surface area contributed by atoms with Crippen molar-refractivity contribution in [2.24, 2.45) is 0 Å². The van der Waals surface area contributed by atoms with E-state index in [0.29, 0.717) is 6.79 Å². The minimum atomic E-state index is -0.184. The van der Waals surface area contributed by atoms with Crippen LogP contribution in [0.5, 0.6) is 11.5 Å². The third-order valence-electron chi connectivity index (χ3n) is 3.91. The molecule has 0 saturated carbocycles. The first-order valence-corrected chi connectivity index (χ1v) is 6.21. The van der Waals surface area contributed by atoms with Gasteiger partial charge in [-0.1, -0.05) is 0 Å². The molecule has 0 bridgehead atoms. The molecule has 5 nitrogen and oxygen atoms in total. The summed E-state index contributed by atoms with van der Waals surface area (Å²) in [4.78, 5) is 2.26. The minimum absolute atomic E-state index is 0.157. The summed E-state index contributed by atoms with van der Waals surface area (Å²) in [5, 5.41) is 12.7. The summed E-state index contributed by atoms with van der Waals surface area (Å²) < 4.78 is 10.7. The predicted octanol–water partition coefficient (Wildman–Crippen LogP) is 0.576. The fraction of sp³-hybridized carbons (Fsp3) is 0.538. The number of aliphatic hydroxyl groups is 1. The molecule has 18 heavy (non-hydrogen) atoms. The lowest BCUT2D eigenvalue weighted by molar-refractivity contribution is 0.174. The first-order chi connectivity index (χ1) is 8.76. The Hall–Kier alpha value is -1.46. The van der Waals surface area contributed by atoms with Crippen molar-refractivity contribution in [2.75, 3.05) is 38.4 Å². The van der Waals surface area contributed by atoms with E-state index in [9.17, 15) is 5.11 Å². The Bertz CT molecular complexity index is 446. The van der Waals surface area contributed by atoms with Crippen LogP contribution in [0.3, 0.4) is 0 Å². The van der Waals surface area contributed by atoms with Gasteiger partial charge in [-0.2, -0.15) is 0 Å². The summed E-state index contributed by atoms with van der Waals surface area (Å²) in [6.07, 6.45) is 0.939. The molecule has 0 aliphatic carbocycles. The van der Waals surface area contributed by atoms with Gasteiger partial charge in [0.1, 0.15) is 0 Å². The first-order valence-electron chi connectivity index (χ1n) is 6.21. The summed E-state index contributed by atoms with van der Waals surface area (Å²) in [5.41, 5.74) is 0.931. The van der Waals surface area contributed by atoms with Crippen LogP contribution in [-0.2, 0) is 0 Å². The molecule has 2 N–H and O–H groups in total. The molecule has 0 radical (unpaired) electrons. The highest BCUT2D eigenvalue weighted by atomic mass is 16.7. The first kappa shape index (κ1) is 11.6. The highest BCUT2D eigenvalue weighted by molar-refractivity contribution is 5.58. The zero-order valence-corrected chi connectivity index (χ0v) is 10.5. The van der Waals surface area contributed by atoms with Crippen molar-refractivity contribution in [3.63, 3.8) is 0 Å². The molecule has 1 atom stereocenters. The van der Waals surface area contributed by atoms with E-state index in [-0.39, 0.29) is 12.1 Å². The molecule has 3 rings (SSSR count). The molecule has 0 amide bonds. The number of nitrogens with zero attached hydrogens (tertiary/aromatic N) is 1. The number of hydrogen-bond acceptors (Lipinski definition) is 5. The van der Waals surface area contributed by atoms with E-state index >= 15 is 0 Å². The van der Waals surface area contributed by atoms with Crippen LogP contribution in [0.15, 0.2) is 18.2 Å². The molecule has 2 heterocycles. The monoisotopic (exact) mass is 250 g/mol. The molecule has 1 aromatic rings. The Labute approximate surface area is 106 Å². The number of benzene rings is 1. The van der Waals surface area contributed by atoms with Gasteiger partial charge >= 0.3 is 0 Å². The molecule has 1 fully saturated rings. The Morgan fingerprint density at radius 2 is 2.22 bits per heavy atom. The lowest BCUT2D eigenvalue weighted by Crippen LogP contribution is -2.48. The van der Waals surface area contributed by atoms with Gasteiger partial charge in [0.15, 0.2) is 11.5 Å². The van der Waals surface area contributed by atoms with Gasteiger partial charge in [-0.15, -0.1) is 0 Å². The second kappa shape index (κ2) is 4.33. The molecule has 1 unspecified atom stereocenters. The largest absolute Gasteiger partial charge is 0.454 e. The Morgan fingerprint density at radius 3 is 2.94 bits per heavy atom. The molecule has 98 valence electrons. The molecular formula is C13H18N2O3. The second-order valence-electron chi connectivity index (χ2n) is 4.90. The second-order valence-corrected chi connectivity index (χ2v) is 4.90. The molecule has 0 aromatic heterocycles. The van der Waals surface area contributed by atoms with E-state index in [1.807, 2.05) is 25.2 Å². The quantitative estimate of drug-likeness (QED) is 0.821. The van der Waals surface area contributed by atoms with E-state index in [1.54, 1.807) is 0 Å². The molecule has 1 aromatic carbocycles. The Balaban J connectivity index is 1.80. The number of ether oxygens (including phenoxy) is 2. The highest BCUT2D eigenvalue weighted by Gasteiger charge is 2.36. The van der Waals surface area contributed by atoms with Gasteiger partial charge in [0, 0.05) is 24.8 Å². The average molecular weight is 250 g/mol. The van der Waals surface area contributed by atoms with Gasteiger partial charge in [-0.3, -0.25) is 0 Å². The normalized spacial score (nSPS) is 25.8. The van der Waals surface area contributed by atoms with Crippen LogP contribution in [0.4, 0.5) is 5.69 Å². The van der Waals surface area contributed by atoms with Crippen molar-refractivity contribution >= 4 is 5.69 Å². The number of hydrogen-bond donors (Lipinski definition) is 2. The standard InChI is InChI=1S/C13H18N2O3/c1-14-13(8-16)4-5-15(7-13)10-2-3-11-12(6-10)18-9-17-11/h2-3,6,14,16H,4-5,7-9H2,1H3. The SMILES string of the molecule is CNC1(CO)CCN(c2ccc3c(c2)OCO3)C1. The fourth-order valence-electron chi connectivity index (χ4n) is 2.59. The smallest absolute Gasteiger partial charge is 0.231 e. The van der Waals surface area contributed by atoms with E-state index in [0.717, 1.165) is 36.7 Å². The predicted molar refractivity (Wildman–Crippen MR) is 68.3 cm³/mol. The molecule has 1 saturated heterocycles. The van der Waals surface area contributed by atoms with Crippen LogP contribution in [-0.4, -0.2) is 44.2 Å². The summed E-state index contributed by atoms with van der Waals surface area (Å²) in [6, 6.07) is 5.98. The van der Waals surface area contributed by atoms with Crippen LogP contribution in [0.25, 0.3) is 0 Å². The van der Waals surface area contributed by atoms with E-state index in [2.05, 4.69) is 10.2 Å². The summed E-state index contributed by atoms with van der Waals surface area (Å²) in [5.74, 6) is 1.61. The van der Waals surface area contributed by atoms with Gasteiger partial charge in [0.25, 0.3) is 0 Å². The molecule has 2 aliphatic rings. The average Bonchev–Trinajstić information content (AvgIpc) is 3.05. The maximum Gasteiger partial charge on any atom is 0.231 e. The van der Waals surface area contributed by atoms with Gasteiger partial charge < -0.3 is 24.8 Å². The maximum atomic E-state index is 9.50. The van der Waals surface area contributed by atoms with E-state index in [1.165, 1.54) is 0 Å². The number of rotatable bonds is 3. The summed E-state index contributed by atoms with van der Waals surface area (Å²) in [7, 11) is 1.90. The van der Waals surface area contributed by atoms with Gasteiger partial charge in [0.05, 0.1) is 12.1 Å². The fourth-order valence-corrected chi connectivity index (χ4v) is 2.59. The van der Waals surface area contributed by atoms with Crippen LogP contribution < -0.4 is 19.7 Å². The zero-order valence-electron chi connectivity index (χ0n) is 10.5. The van der Waals surface area contributed by atoms with Crippen molar-refractivity contribution in [1.82, 2.24) is 5.32 Å². The number of nitrogens with one attached hydrogen (secondary N) is 1.